The number of hydrogen-bond donors (Lipinski definition) is 2. The topological polar surface area (TPSA) is 46.2 Å². The highest BCUT2D eigenvalue weighted by molar-refractivity contribution is 5.04. The third-order valence-corrected chi connectivity index (χ3v) is 3.62. The maximum Gasteiger partial charge on any atom is 0.0826 e. The summed E-state index contributed by atoms with van der Waals surface area (Å²) in [6.07, 6.45) is 5.81. The second-order valence-electron chi connectivity index (χ2n) is 4.10. The summed E-state index contributed by atoms with van der Waals surface area (Å²) < 4.78 is 0. The van der Waals surface area contributed by atoms with Crippen molar-refractivity contribution in [2.24, 2.45) is 5.73 Å². The van der Waals surface area contributed by atoms with Crippen molar-refractivity contribution in [3.8, 4) is 0 Å². The van der Waals surface area contributed by atoms with Crippen LogP contribution in [-0.2, 0) is 0 Å². The predicted molar refractivity (Wildman–Crippen MR) is 50.9 cm³/mol. The SMILES string of the molecule is CCC(N)(CC)C1(O)CCCC1. The predicted octanol–water partition coefficient (Wildman–Crippen LogP) is 1.81. The summed E-state index contributed by atoms with van der Waals surface area (Å²) in [5, 5.41) is 10.3. The first kappa shape index (κ1) is 10.0. The molecule has 12 heavy (non-hydrogen) atoms. The molecule has 72 valence electrons. The minimum absolute atomic E-state index is 0.344. The summed E-state index contributed by atoms with van der Waals surface area (Å²) in [6, 6.07) is 0. The van der Waals surface area contributed by atoms with Gasteiger partial charge in [0.25, 0.3) is 0 Å². The van der Waals surface area contributed by atoms with Gasteiger partial charge in [0.05, 0.1) is 5.60 Å². The first-order chi connectivity index (χ1) is 5.58. The third kappa shape index (κ3) is 1.38. The molecule has 1 saturated carbocycles. The van der Waals surface area contributed by atoms with Crippen molar-refractivity contribution < 1.29 is 5.11 Å². The molecule has 0 saturated heterocycles. The van der Waals surface area contributed by atoms with Crippen molar-refractivity contribution >= 4 is 0 Å². The lowest BCUT2D eigenvalue weighted by atomic mass is 9.75. The van der Waals surface area contributed by atoms with E-state index in [9.17, 15) is 5.11 Å². The van der Waals surface area contributed by atoms with E-state index in [4.69, 9.17) is 5.73 Å². The Bertz CT molecular complexity index is 144. The van der Waals surface area contributed by atoms with Gasteiger partial charge in [-0.2, -0.15) is 0 Å². The van der Waals surface area contributed by atoms with Crippen molar-refractivity contribution in [1.82, 2.24) is 0 Å². The second-order valence-corrected chi connectivity index (χ2v) is 4.10. The van der Waals surface area contributed by atoms with E-state index in [0.29, 0.717) is 0 Å². The van der Waals surface area contributed by atoms with Crippen LogP contribution < -0.4 is 5.73 Å². The molecule has 0 atom stereocenters. The van der Waals surface area contributed by atoms with Crippen molar-refractivity contribution in [2.75, 3.05) is 0 Å². The molecule has 0 amide bonds. The van der Waals surface area contributed by atoms with Gasteiger partial charge in [0.1, 0.15) is 0 Å². The monoisotopic (exact) mass is 171 g/mol. The molecule has 2 nitrogen and oxygen atoms in total. The maximum absolute atomic E-state index is 10.3. The van der Waals surface area contributed by atoms with Crippen LogP contribution in [0.5, 0.6) is 0 Å². The van der Waals surface area contributed by atoms with Gasteiger partial charge in [-0.15, -0.1) is 0 Å². The molecule has 1 fully saturated rings. The van der Waals surface area contributed by atoms with Crippen LogP contribution in [0.25, 0.3) is 0 Å². The van der Waals surface area contributed by atoms with Gasteiger partial charge in [0, 0.05) is 5.54 Å². The first-order valence-corrected chi connectivity index (χ1v) is 5.09. The van der Waals surface area contributed by atoms with Crippen LogP contribution in [0.1, 0.15) is 52.4 Å². The largest absolute Gasteiger partial charge is 0.388 e. The van der Waals surface area contributed by atoms with E-state index in [-0.39, 0.29) is 5.54 Å². The second kappa shape index (κ2) is 3.35. The molecule has 0 aromatic carbocycles. The molecule has 1 rings (SSSR count). The Balaban J connectivity index is 2.75. The summed E-state index contributed by atoms with van der Waals surface area (Å²) in [4.78, 5) is 0. The molecule has 0 radical (unpaired) electrons. The average Bonchev–Trinajstić information content (AvgIpc) is 2.52. The van der Waals surface area contributed by atoms with Crippen LogP contribution in [0.3, 0.4) is 0 Å². The molecule has 0 spiro atoms. The average molecular weight is 171 g/mol. The summed E-state index contributed by atoms with van der Waals surface area (Å²) in [5.41, 5.74) is 5.27. The smallest absolute Gasteiger partial charge is 0.0826 e. The Labute approximate surface area is 75.2 Å². The molecule has 0 heterocycles. The van der Waals surface area contributed by atoms with Gasteiger partial charge in [-0.05, 0) is 25.7 Å². The van der Waals surface area contributed by atoms with Crippen LogP contribution >= 0.6 is 0 Å². The van der Waals surface area contributed by atoms with Crippen molar-refractivity contribution in [1.29, 1.82) is 0 Å². The van der Waals surface area contributed by atoms with E-state index in [1.54, 1.807) is 0 Å². The summed E-state index contributed by atoms with van der Waals surface area (Å²) in [6.45, 7) is 4.14. The molecule has 0 aromatic heterocycles. The Kier molecular flexibility index (Phi) is 2.79. The Morgan fingerprint density at radius 1 is 1.25 bits per heavy atom. The van der Waals surface area contributed by atoms with Crippen LogP contribution in [0, 0.1) is 0 Å². The van der Waals surface area contributed by atoms with Crippen molar-refractivity contribution in [3.05, 3.63) is 0 Å². The number of nitrogens with two attached hydrogens (primary N) is 1. The summed E-state index contributed by atoms with van der Waals surface area (Å²) in [5.74, 6) is 0. The van der Waals surface area contributed by atoms with Gasteiger partial charge in [-0.25, -0.2) is 0 Å². The molecule has 0 unspecified atom stereocenters. The number of rotatable bonds is 3. The van der Waals surface area contributed by atoms with Crippen LogP contribution in [-0.4, -0.2) is 16.2 Å². The lowest BCUT2D eigenvalue weighted by molar-refractivity contribution is -0.0340. The van der Waals surface area contributed by atoms with E-state index in [1.165, 1.54) is 0 Å². The highest BCUT2D eigenvalue weighted by atomic mass is 16.3. The molecule has 2 heteroatoms. The van der Waals surface area contributed by atoms with Crippen LogP contribution in [0.15, 0.2) is 0 Å². The normalized spacial score (nSPS) is 23.0. The fraction of sp³-hybridized carbons (Fsp3) is 1.00. The third-order valence-electron chi connectivity index (χ3n) is 3.62. The Morgan fingerprint density at radius 3 is 2.00 bits per heavy atom. The molecule has 1 aliphatic rings. The molecule has 0 aromatic rings. The fourth-order valence-corrected chi connectivity index (χ4v) is 2.37. The maximum atomic E-state index is 10.3. The molecular weight excluding hydrogens is 150 g/mol. The van der Waals surface area contributed by atoms with E-state index in [0.717, 1.165) is 38.5 Å². The highest BCUT2D eigenvalue weighted by Gasteiger charge is 2.46. The molecule has 0 aliphatic heterocycles. The highest BCUT2D eigenvalue weighted by Crippen LogP contribution is 2.40. The van der Waals surface area contributed by atoms with E-state index in [2.05, 4.69) is 13.8 Å². The Hall–Kier alpha value is -0.0800. The lowest BCUT2D eigenvalue weighted by Gasteiger charge is -2.41. The van der Waals surface area contributed by atoms with Crippen molar-refractivity contribution in [3.63, 3.8) is 0 Å². The molecule has 0 bridgehead atoms. The zero-order valence-corrected chi connectivity index (χ0v) is 8.27. The van der Waals surface area contributed by atoms with Gasteiger partial charge in [0.2, 0.25) is 0 Å². The van der Waals surface area contributed by atoms with Gasteiger partial charge in [-0.3, -0.25) is 0 Å². The first-order valence-electron chi connectivity index (χ1n) is 5.09. The van der Waals surface area contributed by atoms with Gasteiger partial charge in [-0.1, -0.05) is 26.7 Å². The van der Waals surface area contributed by atoms with E-state index >= 15 is 0 Å². The van der Waals surface area contributed by atoms with Gasteiger partial charge >= 0.3 is 0 Å². The fourth-order valence-electron chi connectivity index (χ4n) is 2.37. The van der Waals surface area contributed by atoms with E-state index in [1.807, 2.05) is 0 Å². The quantitative estimate of drug-likeness (QED) is 0.680. The standard InChI is InChI=1S/C10H21NO/c1-3-9(11,4-2)10(12)7-5-6-8-10/h12H,3-8,11H2,1-2H3. The van der Waals surface area contributed by atoms with Gasteiger partial charge < -0.3 is 10.8 Å². The zero-order valence-electron chi connectivity index (χ0n) is 8.27. The zero-order chi connectivity index (χ0) is 9.24. The van der Waals surface area contributed by atoms with Gasteiger partial charge in [0.15, 0.2) is 0 Å². The molecule has 3 N–H and O–H groups in total. The Morgan fingerprint density at radius 2 is 1.67 bits per heavy atom. The minimum Gasteiger partial charge on any atom is -0.388 e. The molecule has 1 aliphatic carbocycles. The number of aliphatic hydroxyl groups is 1. The van der Waals surface area contributed by atoms with Crippen molar-refractivity contribution in [2.45, 2.75) is 63.5 Å². The molecular formula is C10H21NO. The minimum atomic E-state index is -0.573. The lowest BCUT2D eigenvalue weighted by Crippen LogP contribution is -2.58. The van der Waals surface area contributed by atoms with Crippen LogP contribution in [0.4, 0.5) is 0 Å². The van der Waals surface area contributed by atoms with Crippen LogP contribution in [0.2, 0.25) is 0 Å². The summed E-state index contributed by atoms with van der Waals surface area (Å²) >= 11 is 0. The summed E-state index contributed by atoms with van der Waals surface area (Å²) in [7, 11) is 0. The van der Waals surface area contributed by atoms with E-state index < -0.39 is 5.60 Å². The number of hydrogen-bond acceptors (Lipinski definition) is 2.